The van der Waals surface area contributed by atoms with Gasteiger partial charge in [0.05, 0.1) is 18.1 Å². The Kier molecular flexibility index (Phi) is 5.53. The van der Waals surface area contributed by atoms with E-state index in [-0.39, 0.29) is 11.3 Å². The standard InChI is InChI=1S/C9H10O4.C8H8O3S/c1-2-13-6-3-4-7(9(11)12)8(10)5-6;1-2-11-7-5-6-3-4-8(7)12(6,9)10/h3-5,10H,2H2,1H3,(H,11,12);3-5H,2H2,1H3. The number of aromatic hydroxyl groups is 1. The zero-order chi connectivity index (χ0) is 18.6. The van der Waals surface area contributed by atoms with Crippen LogP contribution in [0.1, 0.15) is 24.2 Å². The molecule has 8 heteroatoms. The lowest BCUT2D eigenvalue weighted by atomic mass is 10.2. The van der Waals surface area contributed by atoms with Gasteiger partial charge in [-0.2, -0.15) is 0 Å². The van der Waals surface area contributed by atoms with E-state index in [0.29, 0.717) is 34.5 Å². The maximum Gasteiger partial charge on any atom is 0.339 e. The third kappa shape index (κ3) is 3.85. The molecule has 7 nitrogen and oxygen atoms in total. The zero-order valence-electron chi connectivity index (χ0n) is 13.7. The second-order valence-electron chi connectivity index (χ2n) is 4.96. The van der Waals surface area contributed by atoms with Crippen LogP contribution in [0.4, 0.5) is 0 Å². The summed E-state index contributed by atoms with van der Waals surface area (Å²) in [5.74, 6) is -0.487. The van der Waals surface area contributed by atoms with E-state index in [4.69, 9.17) is 14.6 Å². The van der Waals surface area contributed by atoms with Gasteiger partial charge in [-0.05, 0) is 38.1 Å². The van der Waals surface area contributed by atoms with Gasteiger partial charge in [0.25, 0.3) is 0 Å². The van der Waals surface area contributed by atoms with E-state index in [9.17, 15) is 18.3 Å². The second kappa shape index (κ2) is 7.43. The van der Waals surface area contributed by atoms with Crippen molar-refractivity contribution in [3.05, 3.63) is 57.6 Å². The fraction of sp³-hybridized carbons (Fsp3) is 0.235. The van der Waals surface area contributed by atoms with Gasteiger partial charge < -0.3 is 19.7 Å². The average Bonchev–Trinajstić information content (AvgIpc) is 2.95. The van der Waals surface area contributed by atoms with Gasteiger partial charge in [0, 0.05) is 12.1 Å². The molecule has 0 radical (unpaired) electrons. The van der Waals surface area contributed by atoms with Crippen LogP contribution in [0.2, 0.25) is 0 Å². The van der Waals surface area contributed by atoms with Gasteiger partial charge >= 0.3 is 5.97 Å². The van der Waals surface area contributed by atoms with Crippen LogP contribution in [-0.2, 0) is 14.6 Å². The average molecular weight is 366 g/mol. The minimum Gasteiger partial charge on any atom is -0.507 e. The Bertz CT molecular complexity index is 876. The number of allylic oxidation sites excluding steroid dienone is 3. The molecule has 0 saturated heterocycles. The molecular formula is C17H18O7S. The highest BCUT2D eigenvalue weighted by Crippen LogP contribution is 2.37. The van der Waals surface area contributed by atoms with Crippen LogP contribution >= 0.6 is 0 Å². The van der Waals surface area contributed by atoms with Crippen molar-refractivity contribution in [2.75, 3.05) is 13.2 Å². The quantitative estimate of drug-likeness (QED) is 0.824. The Morgan fingerprint density at radius 3 is 2.24 bits per heavy atom. The highest BCUT2D eigenvalue weighted by atomic mass is 32.2. The number of carboxylic acids is 1. The monoisotopic (exact) mass is 366 g/mol. The number of carbonyl (C=O) groups is 1. The summed E-state index contributed by atoms with van der Waals surface area (Å²) in [6, 6.07) is 4.10. The first kappa shape index (κ1) is 18.6. The molecule has 0 amide bonds. The number of carboxylic acid groups (broad SMARTS) is 1. The minimum atomic E-state index is -3.16. The summed E-state index contributed by atoms with van der Waals surface area (Å²) >= 11 is 0. The Hall–Kier alpha value is -2.74. The van der Waals surface area contributed by atoms with Gasteiger partial charge in [-0.1, -0.05) is 0 Å². The van der Waals surface area contributed by atoms with Crippen molar-refractivity contribution in [1.82, 2.24) is 0 Å². The van der Waals surface area contributed by atoms with Crippen LogP contribution in [0.25, 0.3) is 0 Å². The number of rotatable bonds is 5. The highest BCUT2D eigenvalue weighted by molar-refractivity contribution is 8.00. The molecule has 2 aliphatic heterocycles. The molecule has 3 rings (SSSR count). The summed E-state index contributed by atoms with van der Waals surface area (Å²) in [4.78, 5) is 11.1. The number of sulfone groups is 1. The van der Waals surface area contributed by atoms with Crippen molar-refractivity contribution >= 4 is 15.8 Å². The van der Waals surface area contributed by atoms with Crippen molar-refractivity contribution in [3.8, 4) is 11.5 Å². The highest BCUT2D eigenvalue weighted by Gasteiger charge is 2.34. The maximum absolute atomic E-state index is 11.4. The first-order valence-electron chi connectivity index (χ1n) is 7.52. The predicted molar refractivity (Wildman–Crippen MR) is 91.0 cm³/mol. The number of fused-ring (bicyclic) bond motifs is 2. The summed E-state index contributed by atoms with van der Waals surface area (Å²) in [5, 5.41) is 17.8. The second-order valence-corrected chi connectivity index (χ2v) is 6.88. The molecule has 2 N–H and O–H groups in total. The first-order valence-corrected chi connectivity index (χ1v) is 9.00. The van der Waals surface area contributed by atoms with Crippen LogP contribution in [0.5, 0.6) is 11.5 Å². The molecular weight excluding hydrogens is 348 g/mol. The third-order valence-corrected chi connectivity index (χ3v) is 5.12. The zero-order valence-corrected chi connectivity index (χ0v) is 14.5. The SMILES string of the molecule is CCOC1=C2C=CC(=C1)S2(=O)=O.CCOc1ccc(C(=O)O)c(O)c1. The van der Waals surface area contributed by atoms with Crippen LogP contribution in [0, 0.1) is 0 Å². The molecule has 1 aromatic carbocycles. The Morgan fingerprint density at radius 2 is 1.80 bits per heavy atom. The Labute approximate surface area is 145 Å². The van der Waals surface area contributed by atoms with Crippen LogP contribution < -0.4 is 4.74 Å². The van der Waals surface area contributed by atoms with E-state index in [2.05, 4.69) is 0 Å². The predicted octanol–water partition coefficient (Wildman–Crippen LogP) is 2.61. The largest absolute Gasteiger partial charge is 0.507 e. The summed E-state index contributed by atoms with van der Waals surface area (Å²) in [7, 11) is -3.16. The molecule has 0 spiro atoms. The van der Waals surface area contributed by atoms with Crippen LogP contribution in [0.3, 0.4) is 0 Å². The molecule has 0 aliphatic carbocycles. The third-order valence-electron chi connectivity index (χ3n) is 3.33. The molecule has 1 aromatic rings. The molecule has 2 heterocycles. The van der Waals surface area contributed by atoms with Gasteiger partial charge in [-0.3, -0.25) is 0 Å². The fourth-order valence-corrected chi connectivity index (χ4v) is 3.61. The van der Waals surface area contributed by atoms with E-state index in [1.165, 1.54) is 18.2 Å². The Balaban J connectivity index is 0.000000181. The van der Waals surface area contributed by atoms with Crippen molar-refractivity contribution in [2.24, 2.45) is 0 Å². The molecule has 0 unspecified atom stereocenters. The van der Waals surface area contributed by atoms with Crippen LogP contribution in [-0.4, -0.2) is 37.8 Å². The molecule has 2 aliphatic rings. The maximum atomic E-state index is 11.4. The number of aromatic carboxylic acids is 1. The van der Waals surface area contributed by atoms with Gasteiger partial charge in [0.15, 0.2) is 0 Å². The molecule has 0 saturated carbocycles. The topological polar surface area (TPSA) is 110 Å². The smallest absolute Gasteiger partial charge is 0.339 e. The molecule has 0 fully saturated rings. The summed E-state index contributed by atoms with van der Waals surface area (Å²) in [6.45, 7) is 4.61. The van der Waals surface area contributed by atoms with Crippen molar-refractivity contribution in [2.45, 2.75) is 13.8 Å². The van der Waals surface area contributed by atoms with E-state index >= 15 is 0 Å². The summed E-state index contributed by atoms with van der Waals surface area (Å²) in [5.41, 5.74) is -0.122. The normalized spacial score (nSPS) is 16.2. The van der Waals surface area contributed by atoms with E-state index in [1.54, 1.807) is 18.2 Å². The van der Waals surface area contributed by atoms with Crippen LogP contribution in [0.15, 0.2) is 52.0 Å². The molecule has 0 aromatic heterocycles. The van der Waals surface area contributed by atoms with E-state index in [1.807, 2.05) is 13.8 Å². The Morgan fingerprint density at radius 1 is 1.12 bits per heavy atom. The van der Waals surface area contributed by atoms with Crippen molar-refractivity contribution in [3.63, 3.8) is 0 Å². The first-order chi connectivity index (χ1) is 11.8. The number of hydrogen-bond donors (Lipinski definition) is 2. The molecule has 0 atom stereocenters. The summed E-state index contributed by atoms with van der Waals surface area (Å²) < 4.78 is 33.0. The lowest BCUT2D eigenvalue weighted by Gasteiger charge is -2.04. The molecule has 134 valence electrons. The van der Waals surface area contributed by atoms with Gasteiger partial charge in [0.1, 0.15) is 27.7 Å². The van der Waals surface area contributed by atoms with Gasteiger partial charge in [-0.15, -0.1) is 0 Å². The van der Waals surface area contributed by atoms with Crippen molar-refractivity contribution < 1.29 is 32.9 Å². The molecule has 2 bridgehead atoms. The number of ether oxygens (including phenoxy) is 2. The van der Waals surface area contributed by atoms with Gasteiger partial charge in [0.2, 0.25) is 9.84 Å². The number of phenols is 1. The lowest BCUT2D eigenvalue weighted by molar-refractivity contribution is 0.0693. The van der Waals surface area contributed by atoms with E-state index in [0.717, 1.165) is 0 Å². The van der Waals surface area contributed by atoms with E-state index < -0.39 is 15.8 Å². The van der Waals surface area contributed by atoms with Crippen molar-refractivity contribution in [1.29, 1.82) is 0 Å². The summed E-state index contributed by atoms with van der Waals surface area (Å²) in [6.07, 6.45) is 4.73. The minimum absolute atomic E-state index is 0.122. The lowest BCUT2D eigenvalue weighted by Crippen LogP contribution is -1.97. The van der Waals surface area contributed by atoms with Gasteiger partial charge in [-0.25, -0.2) is 13.2 Å². The number of hydrogen-bond acceptors (Lipinski definition) is 6. The molecule has 25 heavy (non-hydrogen) atoms. The number of benzene rings is 1. The fourth-order valence-electron chi connectivity index (χ4n) is 2.22.